The largest absolute Gasteiger partial charge is 0.480 e. The topological polar surface area (TPSA) is 271 Å². The number of carboxylic acids is 2. The Balaban J connectivity index is 4.04. The number of ether oxygens (including phenoxy) is 4. The molecule has 0 fully saturated rings. The summed E-state index contributed by atoms with van der Waals surface area (Å²) in [7, 11) is 0. The van der Waals surface area contributed by atoms with Crippen molar-refractivity contribution in [1.29, 1.82) is 0 Å². The van der Waals surface area contributed by atoms with E-state index in [0.717, 1.165) is 19.3 Å². The second-order valence-electron chi connectivity index (χ2n) is 12.8. The van der Waals surface area contributed by atoms with Gasteiger partial charge in [0.2, 0.25) is 29.5 Å². The zero-order chi connectivity index (χ0) is 40.2. The summed E-state index contributed by atoms with van der Waals surface area (Å²) in [5, 5.41) is 28.9. The number of nitrogens with two attached hydrogens (primary N) is 1. The first-order valence-corrected chi connectivity index (χ1v) is 19.1. The molecule has 0 saturated carbocycles. The molecular weight excluding hydrogens is 710 g/mol. The highest BCUT2D eigenvalue weighted by Crippen LogP contribution is 2.12. The highest BCUT2D eigenvalue weighted by molar-refractivity contribution is 5.86. The molecule has 0 aliphatic heterocycles. The Morgan fingerprint density at radius 3 is 1.39 bits per heavy atom. The van der Waals surface area contributed by atoms with Crippen molar-refractivity contribution in [3.05, 3.63) is 0 Å². The van der Waals surface area contributed by atoms with E-state index in [9.17, 15) is 43.8 Å². The van der Waals surface area contributed by atoms with E-state index in [2.05, 4.69) is 28.2 Å². The van der Waals surface area contributed by atoms with E-state index in [1.54, 1.807) is 0 Å². The number of carbonyl (C=O) groups is 7. The third kappa shape index (κ3) is 32.8. The van der Waals surface area contributed by atoms with Crippen LogP contribution in [0.2, 0.25) is 0 Å². The third-order valence-electron chi connectivity index (χ3n) is 7.95. The molecule has 0 rings (SSSR count). The molecule has 2 atom stereocenters. The number of nitrogens with one attached hydrogen (secondary N) is 4. The lowest BCUT2D eigenvalue weighted by atomic mass is 10.0. The van der Waals surface area contributed by atoms with E-state index in [1.807, 2.05) is 0 Å². The van der Waals surface area contributed by atoms with Crippen molar-refractivity contribution in [2.24, 2.45) is 5.73 Å². The van der Waals surface area contributed by atoms with Gasteiger partial charge in [0.05, 0.1) is 39.6 Å². The quantitative estimate of drug-likeness (QED) is 0.0435. The van der Waals surface area contributed by atoms with E-state index in [1.165, 1.54) is 44.9 Å². The maximum Gasteiger partial charge on any atom is 0.326 e. The van der Waals surface area contributed by atoms with Crippen LogP contribution in [0, 0.1) is 0 Å². The minimum Gasteiger partial charge on any atom is -0.480 e. The van der Waals surface area contributed by atoms with Gasteiger partial charge in [-0.2, -0.15) is 0 Å². The first-order valence-electron chi connectivity index (χ1n) is 19.1. The van der Waals surface area contributed by atoms with Crippen molar-refractivity contribution in [1.82, 2.24) is 21.3 Å². The summed E-state index contributed by atoms with van der Waals surface area (Å²) in [6, 6.07) is -2.65. The monoisotopic (exact) mass is 775 g/mol. The molecule has 2 unspecified atom stereocenters. The number of primary amides is 1. The molecule has 0 saturated heterocycles. The van der Waals surface area contributed by atoms with Gasteiger partial charge in [0, 0.05) is 32.4 Å². The van der Waals surface area contributed by atoms with Gasteiger partial charge in [0.15, 0.2) is 0 Å². The lowest BCUT2D eigenvalue weighted by molar-refractivity contribution is -0.143. The van der Waals surface area contributed by atoms with Gasteiger partial charge in [-0.15, -0.1) is 0 Å². The van der Waals surface area contributed by atoms with Gasteiger partial charge >= 0.3 is 11.9 Å². The summed E-state index contributed by atoms with van der Waals surface area (Å²) in [6.45, 7) is 3.38. The maximum atomic E-state index is 12.4. The fraction of sp³-hybridized carbons (Fsp3) is 0.806. The van der Waals surface area contributed by atoms with Gasteiger partial charge in [-0.1, -0.05) is 71.1 Å². The number of unbranched alkanes of at least 4 members (excludes halogenated alkanes) is 10. The molecule has 54 heavy (non-hydrogen) atoms. The summed E-state index contributed by atoms with van der Waals surface area (Å²) in [6.07, 6.45) is 11.7. The Morgan fingerprint density at radius 1 is 0.500 bits per heavy atom. The number of carbonyl (C=O) groups excluding carboxylic acids is 5. The molecule has 0 aromatic heterocycles. The molecular formula is C36H65N5O13. The molecule has 0 aromatic carbocycles. The van der Waals surface area contributed by atoms with E-state index in [0.29, 0.717) is 6.42 Å². The van der Waals surface area contributed by atoms with Crippen LogP contribution in [0.4, 0.5) is 0 Å². The lowest BCUT2D eigenvalue weighted by Crippen LogP contribution is -2.44. The van der Waals surface area contributed by atoms with E-state index < -0.39 is 47.7 Å². The van der Waals surface area contributed by atoms with Crippen LogP contribution < -0.4 is 27.0 Å². The van der Waals surface area contributed by atoms with Gasteiger partial charge in [-0.3, -0.25) is 24.0 Å². The van der Waals surface area contributed by atoms with Crippen LogP contribution >= 0.6 is 0 Å². The SMILES string of the molecule is CCCCCCCCCCCCCC(=O)NC(CCC(=O)NC(CCC(=O)NCCOCCOCC(=O)NCCOCCOCC(N)=O)C(=O)O)C(=O)O. The molecule has 5 amide bonds. The fourth-order valence-corrected chi connectivity index (χ4v) is 4.99. The van der Waals surface area contributed by atoms with Crippen molar-refractivity contribution >= 4 is 41.5 Å². The van der Waals surface area contributed by atoms with Gasteiger partial charge in [0.1, 0.15) is 25.3 Å². The summed E-state index contributed by atoms with van der Waals surface area (Å²) >= 11 is 0. The van der Waals surface area contributed by atoms with Crippen LogP contribution in [0.1, 0.15) is 110 Å². The van der Waals surface area contributed by atoms with Crippen molar-refractivity contribution < 1.29 is 62.7 Å². The molecule has 18 heteroatoms. The number of aliphatic carboxylic acids is 2. The number of rotatable bonds is 38. The standard InChI is InChI=1S/C36H65N5O13/c1-2-3-4-5-6-7-8-9-10-11-12-13-32(44)40-29(36(49)50)15-17-33(45)41-28(35(47)48)14-16-31(43)38-18-20-51-23-25-54-27-34(46)39-19-21-52-22-24-53-26-30(37)42/h28-29H,2-27H2,1H3,(H2,37,42)(H,38,43)(H,39,46)(H,40,44)(H,41,45)(H,47,48)(H,49,50). The number of hydrogen-bond acceptors (Lipinski definition) is 11. The smallest absolute Gasteiger partial charge is 0.326 e. The average Bonchev–Trinajstić information content (AvgIpc) is 3.12. The molecule has 18 nitrogen and oxygen atoms in total. The second-order valence-corrected chi connectivity index (χ2v) is 12.8. The second kappa shape index (κ2) is 34.9. The Kier molecular flexibility index (Phi) is 32.4. The van der Waals surface area contributed by atoms with Crippen LogP contribution in [-0.2, 0) is 52.5 Å². The first kappa shape index (κ1) is 50.1. The minimum absolute atomic E-state index is 0.133. The Morgan fingerprint density at radius 2 is 0.907 bits per heavy atom. The molecule has 0 radical (unpaired) electrons. The fourth-order valence-electron chi connectivity index (χ4n) is 4.99. The Hall–Kier alpha value is -3.87. The highest BCUT2D eigenvalue weighted by atomic mass is 16.5. The first-order chi connectivity index (χ1) is 26.0. The Labute approximate surface area is 318 Å². The van der Waals surface area contributed by atoms with Gasteiger partial charge < -0.3 is 56.2 Å². The van der Waals surface area contributed by atoms with E-state index in [4.69, 9.17) is 24.7 Å². The molecule has 312 valence electrons. The minimum atomic E-state index is -1.37. The van der Waals surface area contributed by atoms with Gasteiger partial charge in [0.25, 0.3) is 0 Å². The van der Waals surface area contributed by atoms with Crippen molar-refractivity contribution in [3.63, 3.8) is 0 Å². The van der Waals surface area contributed by atoms with Crippen molar-refractivity contribution in [2.45, 2.75) is 122 Å². The Bertz CT molecular complexity index is 1080. The zero-order valence-corrected chi connectivity index (χ0v) is 32.0. The van der Waals surface area contributed by atoms with Crippen LogP contribution in [0.5, 0.6) is 0 Å². The number of amides is 5. The van der Waals surface area contributed by atoms with Crippen molar-refractivity contribution in [3.8, 4) is 0 Å². The van der Waals surface area contributed by atoms with Crippen LogP contribution in [0.15, 0.2) is 0 Å². The predicted molar refractivity (Wildman–Crippen MR) is 197 cm³/mol. The molecule has 0 bridgehead atoms. The average molecular weight is 776 g/mol. The lowest BCUT2D eigenvalue weighted by Gasteiger charge is -2.17. The molecule has 8 N–H and O–H groups in total. The third-order valence-corrected chi connectivity index (χ3v) is 7.95. The molecule has 0 aliphatic carbocycles. The molecule has 0 spiro atoms. The zero-order valence-electron chi connectivity index (χ0n) is 32.0. The van der Waals surface area contributed by atoms with Crippen LogP contribution in [-0.4, -0.2) is 130 Å². The molecule has 0 aromatic rings. The molecule has 0 heterocycles. The van der Waals surface area contributed by atoms with Crippen LogP contribution in [0.25, 0.3) is 0 Å². The van der Waals surface area contributed by atoms with E-state index in [-0.39, 0.29) is 104 Å². The van der Waals surface area contributed by atoms with Gasteiger partial charge in [-0.05, 0) is 19.3 Å². The molecule has 0 aliphatic rings. The van der Waals surface area contributed by atoms with Gasteiger partial charge in [-0.25, -0.2) is 9.59 Å². The summed E-state index contributed by atoms with van der Waals surface area (Å²) < 4.78 is 20.7. The van der Waals surface area contributed by atoms with E-state index >= 15 is 0 Å². The highest BCUT2D eigenvalue weighted by Gasteiger charge is 2.24. The predicted octanol–water partition coefficient (Wildman–Crippen LogP) is 1.17. The summed E-state index contributed by atoms with van der Waals surface area (Å²) in [4.78, 5) is 82.5. The maximum absolute atomic E-state index is 12.4. The number of hydrogen-bond donors (Lipinski definition) is 7. The summed E-state index contributed by atoms with van der Waals surface area (Å²) in [5.74, 6) is -5.12. The normalized spacial score (nSPS) is 12.0. The van der Waals surface area contributed by atoms with Crippen LogP contribution in [0.3, 0.4) is 0 Å². The summed E-state index contributed by atoms with van der Waals surface area (Å²) in [5.41, 5.74) is 4.93. The van der Waals surface area contributed by atoms with Crippen molar-refractivity contribution in [2.75, 3.05) is 65.9 Å². The number of carboxylic acid groups (broad SMARTS) is 2.